The summed E-state index contributed by atoms with van der Waals surface area (Å²) in [7, 11) is 3.53. The van der Waals surface area contributed by atoms with Crippen LogP contribution >= 0.6 is 0 Å². The molecule has 0 aliphatic carbocycles. The Morgan fingerprint density at radius 1 is 1.42 bits per heavy atom. The highest BCUT2D eigenvalue weighted by atomic mass is 16.5. The first-order valence-corrected chi connectivity index (χ1v) is 6.17. The lowest BCUT2D eigenvalue weighted by Gasteiger charge is -2.16. The predicted molar refractivity (Wildman–Crippen MR) is 72.5 cm³/mol. The highest BCUT2D eigenvalue weighted by molar-refractivity contribution is 5.32. The summed E-state index contributed by atoms with van der Waals surface area (Å²) in [6.07, 6.45) is 4.32. The zero-order valence-corrected chi connectivity index (χ0v) is 11.4. The number of nitrogens with zero attached hydrogens (tertiary/aromatic N) is 3. The van der Waals surface area contributed by atoms with Gasteiger partial charge in [0.1, 0.15) is 5.75 Å². The van der Waals surface area contributed by atoms with E-state index in [4.69, 9.17) is 10.6 Å². The maximum atomic E-state index is 5.69. The van der Waals surface area contributed by atoms with Crippen LogP contribution in [0.4, 0.5) is 0 Å². The van der Waals surface area contributed by atoms with Crippen molar-refractivity contribution in [2.24, 2.45) is 12.9 Å². The molecule has 0 aromatic carbocycles. The normalized spacial score (nSPS) is 12.4. The second kappa shape index (κ2) is 5.81. The number of aryl methyl sites for hydroxylation is 2. The van der Waals surface area contributed by atoms with E-state index >= 15 is 0 Å². The van der Waals surface area contributed by atoms with Crippen LogP contribution in [0.5, 0.6) is 5.75 Å². The topological polar surface area (TPSA) is 78.0 Å². The van der Waals surface area contributed by atoms with Crippen LogP contribution in [-0.2, 0) is 13.5 Å². The minimum Gasteiger partial charge on any atom is -0.495 e. The molecule has 0 bridgehead atoms. The van der Waals surface area contributed by atoms with Gasteiger partial charge in [-0.25, -0.2) is 5.43 Å². The molecule has 2 aromatic rings. The molecule has 0 radical (unpaired) electrons. The summed E-state index contributed by atoms with van der Waals surface area (Å²) in [4.78, 5) is 4.16. The standard InChI is InChI=1S/C13H19N5O/c1-4-10-6-12(18(2)17-10)13(16-14)9-5-11(19-3)8-15-7-9/h5-8,13,16H,4,14H2,1-3H3. The SMILES string of the molecule is CCc1cc(C(NN)c2cncc(OC)c2)n(C)n1. The van der Waals surface area contributed by atoms with Crippen molar-refractivity contribution >= 4 is 0 Å². The second-order valence-corrected chi connectivity index (χ2v) is 4.30. The van der Waals surface area contributed by atoms with Gasteiger partial charge >= 0.3 is 0 Å². The average Bonchev–Trinajstić information content (AvgIpc) is 2.81. The van der Waals surface area contributed by atoms with Gasteiger partial charge in [0.25, 0.3) is 0 Å². The molecule has 0 spiro atoms. The molecule has 0 saturated carbocycles. The molecule has 0 amide bonds. The fourth-order valence-corrected chi connectivity index (χ4v) is 2.04. The van der Waals surface area contributed by atoms with E-state index in [2.05, 4.69) is 22.4 Å². The maximum absolute atomic E-state index is 5.69. The van der Waals surface area contributed by atoms with Crippen molar-refractivity contribution in [1.29, 1.82) is 0 Å². The number of hydrogen-bond donors (Lipinski definition) is 2. The molecule has 1 unspecified atom stereocenters. The number of ether oxygens (including phenoxy) is 1. The summed E-state index contributed by atoms with van der Waals surface area (Å²) in [5.41, 5.74) is 5.78. The van der Waals surface area contributed by atoms with Gasteiger partial charge in [0.15, 0.2) is 0 Å². The van der Waals surface area contributed by atoms with Crippen molar-refractivity contribution in [2.75, 3.05) is 7.11 Å². The third-order valence-electron chi connectivity index (χ3n) is 3.09. The van der Waals surface area contributed by atoms with Crippen molar-refractivity contribution in [3.05, 3.63) is 41.5 Å². The van der Waals surface area contributed by atoms with Crippen LogP contribution in [0.1, 0.15) is 29.9 Å². The Bertz CT molecular complexity index is 552. The number of rotatable bonds is 5. The minimum absolute atomic E-state index is 0.166. The lowest BCUT2D eigenvalue weighted by Crippen LogP contribution is -2.30. The van der Waals surface area contributed by atoms with Crippen LogP contribution in [0.3, 0.4) is 0 Å². The van der Waals surface area contributed by atoms with E-state index in [1.54, 1.807) is 19.5 Å². The average molecular weight is 261 g/mol. The van der Waals surface area contributed by atoms with Gasteiger partial charge < -0.3 is 4.74 Å². The Hall–Kier alpha value is -1.92. The summed E-state index contributed by atoms with van der Waals surface area (Å²) < 4.78 is 7.02. The Kier molecular flexibility index (Phi) is 4.13. The number of hydrazine groups is 1. The first-order valence-electron chi connectivity index (χ1n) is 6.17. The van der Waals surface area contributed by atoms with E-state index in [1.807, 2.05) is 23.9 Å². The number of aromatic nitrogens is 3. The van der Waals surface area contributed by atoms with Crippen LogP contribution in [-0.4, -0.2) is 21.9 Å². The summed E-state index contributed by atoms with van der Waals surface area (Å²) in [6.45, 7) is 2.07. The third-order valence-corrected chi connectivity index (χ3v) is 3.09. The number of hydrogen-bond acceptors (Lipinski definition) is 5. The molecule has 6 nitrogen and oxygen atoms in total. The second-order valence-electron chi connectivity index (χ2n) is 4.30. The van der Waals surface area contributed by atoms with Gasteiger partial charge in [0.2, 0.25) is 0 Å². The van der Waals surface area contributed by atoms with Crippen LogP contribution < -0.4 is 16.0 Å². The molecule has 2 aromatic heterocycles. The summed E-state index contributed by atoms with van der Waals surface area (Å²) in [5.74, 6) is 6.39. The molecule has 1 atom stereocenters. The van der Waals surface area contributed by atoms with Gasteiger partial charge in [-0.2, -0.15) is 5.10 Å². The van der Waals surface area contributed by atoms with Crippen molar-refractivity contribution in [3.63, 3.8) is 0 Å². The van der Waals surface area contributed by atoms with E-state index in [1.165, 1.54) is 0 Å². The zero-order valence-electron chi connectivity index (χ0n) is 11.4. The fourth-order valence-electron chi connectivity index (χ4n) is 2.04. The van der Waals surface area contributed by atoms with Gasteiger partial charge in [0.05, 0.1) is 30.7 Å². The lowest BCUT2D eigenvalue weighted by molar-refractivity contribution is 0.411. The van der Waals surface area contributed by atoms with E-state index in [0.717, 1.165) is 23.4 Å². The molecule has 6 heteroatoms. The first kappa shape index (κ1) is 13.5. The van der Waals surface area contributed by atoms with Crippen LogP contribution in [0.25, 0.3) is 0 Å². The van der Waals surface area contributed by atoms with Gasteiger partial charge in [0, 0.05) is 13.2 Å². The Morgan fingerprint density at radius 2 is 2.21 bits per heavy atom. The molecule has 19 heavy (non-hydrogen) atoms. The summed E-state index contributed by atoms with van der Waals surface area (Å²) in [6, 6.07) is 3.79. The molecule has 102 valence electrons. The van der Waals surface area contributed by atoms with Crippen LogP contribution in [0.2, 0.25) is 0 Å². The first-order chi connectivity index (χ1) is 9.19. The number of nitrogens with two attached hydrogens (primary N) is 1. The van der Waals surface area contributed by atoms with Gasteiger partial charge in [-0.05, 0) is 24.1 Å². The van der Waals surface area contributed by atoms with Crippen molar-refractivity contribution in [3.8, 4) is 5.75 Å². The van der Waals surface area contributed by atoms with Crippen molar-refractivity contribution < 1.29 is 4.74 Å². The molecule has 3 N–H and O–H groups in total. The Labute approximate surface area is 112 Å². The molecule has 0 fully saturated rings. The van der Waals surface area contributed by atoms with Crippen molar-refractivity contribution in [1.82, 2.24) is 20.2 Å². The highest BCUT2D eigenvalue weighted by Crippen LogP contribution is 2.24. The molecular formula is C13H19N5O. The third kappa shape index (κ3) is 2.74. The van der Waals surface area contributed by atoms with Gasteiger partial charge in [-0.1, -0.05) is 6.92 Å². The van der Waals surface area contributed by atoms with Crippen molar-refractivity contribution in [2.45, 2.75) is 19.4 Å². The largest absolute Gasteiger partial charge is 0.495 e. The molecule has 0 aliphatic rings. The zero-order chi connectivity index (χ0) is 13.8. The van der Waals surface area contributed by atoms with Crippen LogP contribution in [0.15, 0.2) is 24.5 Å². The summed E-state index contributed by atoms with van der Waals surface area (Å²) >= 11 is 0. The molecular weight excluding hydrogens is 242 g/mol. The maximum Gasteiger partial charge on any atom is 0.137 e. The highest BCUT2D eigenvalue weighted by Gasteiger charge is 2.18. The molecule has 2 rings (SSSR count). The van der Waals surface area contributed by atoms with E-state index in [9.17, 15) is 0 Å². The Morgan fingerprint density at radius 3 is 2.79 bits per heavy atom. The minimum atomic E-state index is -0.166. The lowest BCUT2D eigenvalue weighted by atomic mass is 10.1. The fraction of sp³-hybridized carbons (Fsp3) is 0.385. The predicted octanol–water partition coefficient (Wildman–Crippen LogP) is 0.939. The van der Waals surface area contributed by atoms with E-state index in [-0.39, 0.29) is 6.04 Å². The number of nitrogens with one attached hydrogen (secondary N) is 1. The Balaban J connectivity index is 2.40. The number of methoxy groups -OCH3 is 1. The number of pyridine rings is 1. The smallest absolute Gasteiger partial charge is 0.137 e. The summed E-state index contributed by atoms with van der Waals surface area (Å²) in [5, 5.41) is 4.44. The van der Waals surface area contributed by atoms with Gasteiger partial charge in [-0.15, -0.1) is 0 Å². The van der Waals surface area contributed by atoms with E-state index in [0.29, 0.717) is 5.75 Å². The molecule has 0 saturated heterocycles. The quantitative estimate of drug-likeness (QED) is 0.618. The molecule has 0 aliphatic heterocycles. The molecule has 2 heterocycles. The van der Waals surface area contributed by atoms with Crippen LogP contribution in [0, 0.1) is 0 Å². The van der Waals surface area contributed by atoms with Gasteiger partial charge in [-0.3, -0.25) is 15.5 Å². The monoisotopic (exact) mass is 261 g/mol. The van der Waals surface area contributed by atoms with E-state index < -0.39 is 0 Å².